The Hall–Kier alpha value is -3.00. The molecule has 31 heavy (non-hydrogen) atoms. The number of rotatable bonds is 5. The van der Waals surface area contributed by atoms with Crippen LogP contribution in [-0.4, -0.2) is 58.9 Å². The van der Waals surface area contributed by atoms with Gasteiger partial charge in [0.15, 0.2) is 0 Å². The summed E-state index contributed by atoms with van der Waals surface area (Å²) in [6.45, 7) is 8.46. The van der Waals surface area contributed by atoms with Crippen LogP contribution in [0.3, 0.4) is 0 Å². The number of fused-ring (bicyclic) bond motifs is 1. The van der Waals surface area contributed by atoms with Crippen molar-refractivity contribution in [2.24, 2.45) is 5.92 Å². The molecule has 162 valence electrons. The SMILES string of the molecule is Cc1cccc(C(=O)NC(C(=O)N2CCN(c3ncnc4sccc34)CC2)C(C)C)c1. The molecule has 1 aliphatic heterocycles. The Kier molecular flexibility index (Phi) is 6.18. The van der Waals surface area contributed by atoms with Crippen LogP contribution in [0.5, 0.6) is 0 Å². The number of hydrogen-bond donors (Lipinski definition) is 1. The predicted octanol–water partition coefficient (Wildman–Crippen LogP) is 3.10. The molecule has 1 unspecified atom stereocenters. The standard InChI is InChI=1S/C23H27N5O2S/c1-15(2)19(26-21(29)17-6-4-5-16(3)13-17)23(30)28-10-8-27(9-11-28)20-18-7-12-31-22(18)25-14-24-20/h4-7,12-15,19H,8-11H2,1-3H3,(H,26,29). The van der Waals surface area contributed by atoms with Crippen LogP contribution < -0.4 is 10.2 Å². The molecule has 3 heterocycles. The van der Waals surface area contributed by atoms with Crippen LogP contribution >= 0.6 is 11.3 Å². The van der Waals surface area contributed by atoms with Gasteiger partial charge in [-0.05, 0) is 36.4 Å². The number of aromatic nitrogens is 2. The lowest BCUT2D eigenvalue weighted by Gasteiger charge is -2.38. The van der Waals surface area contributed by atoms with Gasteiger partial charge in [-0.2, -0.15) is 0 Å². The lowest BCUT2D eigenvalue weighted by atomic mass is 10.0. The van der Waals surface area contributed by atoms with E-state index in [-0.39, 0.29) is 17.7 Å². The van der Waals surface area contributed by atoms with Crippen LogP contribution in [0.2, 0.25) is 0 Å². The third-order valence-electron chi connectivity index (χ3n) is 5.63. The van der Waals surface area contributed by atoms with Crippen molar-refractivity contribution in [3.05, 3.63) is 53.2 Å². The van der Waals surface area contributed by atoms with Crippen molar-refractivity contribution in [2.45, 2.75) is 26.8 Å². The fourth-order valence-electron chi connectivity index (χ4n) is 3.89. The van der Waals surface area contributed by atoms with Gasteiger partial charge >= 0.3 is 0 Å². The fourth-order valence-corrected chi connectivity index (χ4v) is 4.62. The summed E-state index contributed by atoms with van der Waals surface area (Å²) in [5, 5.41) is 6.03. The quantitative estimate of drug-likeness (QED) is 0.664. The van der Waals surface area contributed by atoms with Gasteiger partial charge < -0.3 is 15.1 Å². The van der Waals surface area contributed by atoms with Crippen molar-refractivity contribution >= 4 is 39.2 Å². The smallest absolute Gasteiger partial charge is 0.251 e. The molecule has 1 aliphatic rings. The highest BCUT2D eigenvalue weighted by Crippen LogP contribution is 2.27. The van der Waals surface area contributed by atoms with Crippen molar-refractivity contribution in [2.75, 3.05) is 31.1 Å². The molecule has 0 saturated carbocycles. The van der Waals surface area contributed by atoms with E-state index in [9.17, 15) is 9.59 Å². The van der Waals surface area contributed by atoms with Crippen LogP contribution in [-0.2, 0) is 4.79 Å². The van der Waals surface area contributed by atoms with E-state index in [1.54, 1.807) is 23.7 Å². The molecule has 8 heteroatoms. The van der Waals surface area contributed by atoms with Gasteiger partial charge in [-0.25, -0.2) is 9.97 Å². The molecule has 1 fully saturated rings. The van der Waals surface area contributed by atoms with Gasteiger partial charge in [-0.3, -0.25) is 9.59 Å². The third-order valence-corrected chi connectivity index (χ3v) is 6.45. The van der Waals surface area contributed by atoms with Crippen LogP contribution in [0, 0.1) is 12.8 Å². The molecule has 1 aromatic carbocycles. The van der Waals surface area contributed by atoms with Crippen LogP contribution in [0.1, 0.15) is 29.8 Å². The number of benzene rings is 1. The van der Waals surface area contributed by atoms with Gasteiger partial charge in [-0.1, -0.05) is 31.5 Å². The Balaban J connectivity index is 1.42. The van der Waals surface area contributed by atoms with Crippen molar-refractivity contribution in [1.29, 1.82) is 0 Å². The van der Waals surface area contributed by atoms with Crippen LogP contribution in [0.25, 0.3) is 10.2 Å². The number of anilines is 1. The highest BCUT2D eigenvalue weighted by atomic mass is 32.1. The van der Waals surface area contributed by atoms with E-state index in [0.717, 1.165) is 21.6 Å². The zero-order valence-corrected chi connectivity index (χ0v) is 18.9. The predicted molar refractivity (Wildman–Crippen MR) is 123 cm³/mol. The summed E-state index contributed by atoms with van der Waals surface area (Å²) < 4.78 is 0. The summed E-state index contributed by atoms with van der Waals surface area (Å²) >= 11 is 1.60. The number of nitrogens with zero attached hydrogens (tertiary/aromatic N) is 4. The molecule has 1 saturated heterocycles. The van der Waals surface area contributed by atoms with E-state index in [0.29, 0.717) is 31.7 Å². The minimum atomic E-state index is -0.554. The van der Waals surface area contributed by atoms with Gasteiger partial charge in [0, 0.05) is 31.7 Å². The minimum absolute atomic E-state index is 0.00779. The van der Waals surface area contributed by atoms with E-state index in [1.807, 2.05) is 55.3 Å². The second kappa shape index (κ2) is 9.01. The topological polar surface area (TPSA) is 78.4 Å². The number of nitrogens with one attached hydrogen (secondary N) is 1. The molecule has 2 aromatic heterocycles. The van der Waals surface area contributed by atoms with Gasteiger partial charge in [0.05, 0.1) is 5.39 Å². The summed E-state index contributed by atoms with van der Waals surface area (Å²) in [7, 11) is 0. The number of amides is 2. The average molecular weight is 438 g/mol. The first-order chi connectivity index (χ1) is 14.9. The summed E-state index contributed by atoms with van der Waals surface area (Å²) in [5.74, 6) is 0.673. The Morgan fingerprint density at radius 3 is 2.58 bits per heavy atom. The number of thiophene rings is 1. The van der Waals surface area contributed by atoms with Crippen molar-refractivity contribution in [3.8, 4) is 0 Å². The molecule has 2 amide bonds. The Bertz CT molecular complexity index is 1090. The molecule has 1 N–H and O–H groups in total. The maximum absolute atomic E-state index is 13.3. The number of hydrogen-bond acceptors (Lipinski definition) is 6. The molecule has 1 atom stereocenters. The molecule has 4 rings (SSSR count). The highest BCUT2D eigenvalue weighted by molar-refractivity contribution is 7.16. The molecule has 7 nitrogen and oxygen atoms in total. The van der Waals surface area contributed by atoms with Crippen molar-refractivity contribution < 1.29 is 9.59 Å². The summed E-state index contributed by atoms with van der Waals surface area (Å²) in [6, 6.07) is 8.90. The Morgan fingerprint density at radius 1 is 1.10 bits per heavy atom. The molecular weight excluding hydrogens is 410 g/mol. The summed E-state index contributed by atoms with van der Waals surface area (Å²) in [4.78, 5) is 39.8. The molecular formula is C23H27N5O2S. The molecule has 3 aromatic rings. The van der Waals surface area contributed by atoms with E-state index >= 15 is 0 Å². The van der Waals surface area contributed by atoms with E-state index in [1.165, 1.54) is 0 Å². The zero-order chi connectivity index (χ0) is 22.0. The van der Waals surface area contributed by atoms with Crippen LogP contribution in [0.4, 0.5) is 5.82 Å². The molecule has 0 aliphatic carbocycles. The average Bonchev–Trinajstić information content (AvgIpc) is 3.26. The number of aryl methyl sites for hydroxylation is 1. The Labute approximate surface area is 186 Å². The number of carbonyl (C=O) groups is 2. The normalized spacial score (nSPS) is 15.4. The number of carbonyl (C=O) groups excluding carboxylic acids is 2. The van der Waals surface area contributed by atoms with Gasteiger partial charge in [-0.15, -0.1) is 11.3 Å². The molecule has 0 bridgehead atoms. The summed E-state index contributed by atoms with van der Waals surface area (Å²) in [5.41, 5.74) is 1.59. The largest absolute Gasteiger partial charge is 0.352 e. The summed E-state index contributed by atoms with van der Waals surface area (Å²) in [6.07, 6.45) is 1.60. The zero-order valence-electron chi connectivity index (χ0n) is 18.0. The minimum Gasteiger partial charge on any atom is -0.352 e. The van der Waals surface area contributed by atoms with E-state index in [2.05, 4.69) is 20.2 Å². The Morgan fingerprint density at radius 2 is 1.87 bits per heavy atom. The first-order valence-corrected chi connectivity index (χ1v) is 11.4. The van der Waals surface area contributed by atoms with Gasteiger partial charge in [0.25, 0.3) is 5.91 Å². The lowest BCUT2D eigenvalue weighted by Crippen LogP contribution is -2.56. The highest BCUT2D eigenvalue weighted by Gasteiger charge is 2.31. The maximum atomic E-state index is 13.3. The van der Waals surface area contributed by atoms with Crippen LogP contribution in [0.15, 0.2) is 42.0 Å². The van der Waals surface area contributed by atoms with Crippen molar-refractivity contribution in [3.63, 3.8) is 0 Å². The first-order valence-electron chi connectivity index (χ1n) is 10.5. The third kappa shape index (κ3) is 4.54. The lowest BCUT2D eigenvalue weighted by molar-refractivity contribution is -0.134. The van der Waals surface area contributed by atoms with E-state index < -0.39 is 6.04 Å². The second-order valence-corrected chi connectivity index (χ2v) is 9.11. The molecule has 0 radical (unpaired) electrons. The van der Waals surface area contributed by atoms with Crippen molar-refractivity contribution in [1.82, 2.24) is 20.2 Å². The first kappa shape index (κ1) is 21.2. The monoisotopic (exact) mass is 437 g/mol. The second-order valence-electron chi connectivity index (χ2n) is 8.21. The molecule has 0 spiro atoms. The number of piperazine rings is 1. The van der Waals surface area contributed by atoms with Gasteiger partial charge in [0.2, 0.25) is 5.91 Å². The maximum Gasteiger partial charge on any atom is 0.251 e. The fraction of sp³-hybridized carbons (Fsp3) is 0.391. The van der Waals surface area contributed by atoms with Gasteiger partial charge in [0.1, 0.15) is 23.0 Å². The van der Waals surface area contributed by atoms with E-state index in [4.69, 9.17) is 0 Å².